The van der Waals surface area contributed by atoms with Gasteiger partial charge in [0.1, 0.15) is 0 Å². The van der Waals surface area contributed by atoms with E-state index in [1.165, 1.54) is 171 Å². The van der Waals surface area contributed by atoms with Crippen LogP contribution in [0.3, 0.4) is 0 Å². The Morgan fingerprint density at radius 2 is 0.727 bits per heavy atom. The molecule has 0 N–H and O–H groups in total. The van der Waals surface area contributed by atoms with Gasteiger partial charge in [-0.05, 0) is 155 Å². The molecular weight excluding hydrogens is 1270 g/mol. The van der Waals surface area contributed by atoms with Crippen LogP contribution < -0.4 is 84.8 Å². The fourth-order valence-corrected chi connectivity index (χ4v) is 18.1. The van der Waals surface area contributed by atoms with Gasteiger partial charge in [-0.2, -0.15) is 34.9 Å². The van der Waals surface area contributed by atoms with Gasteiger partial charge in [-0.1, -0.05) is 283 Å². The number of hydrogen-bond donors (Lipinski definition) is 0. The Balaban J connectivity index is 0.000000151. The molecule has 0 saturated heterocycles. The molecule has 19 rings (SSSR count). The van der Waals surface area contributed by atoms with Gasteiger partial charge in [0.2, 0.25) is 13.4 Å². The summed E-state index contributed by atoms with van der Waals surface area (Å²) in [5.74, 6) is 0. The summed E-state index contributed by atoms with van der Waals surface area (Å²) in [6.45, 7) is 20.2. The van der Waals surface area contributed by atoms with Gasteiger partial charge in [-0.15, -0.1) is 0 Å². The topological polar surface area (TPSA) is 13.0 Å². The van der Waals surface area contributed by atoms with Gasteiger partial charge < -0.3 is 36.6 Å². The number of fused-ring (bicyclic) bond motifs is 13. The average Bonchev–Trinajstić information content (AvgIpc) is 0.674. The van der Waals surface area contributed by atoms with Crippen LogP contribution in [0, 0.1) is 68.4 Å². The summed E-state index contributed by atoms with van der Waals surface area (Å²) < 4.78 is 0. The second kappa shape index (κ2) is 26.3. The zero-order valence-electron chi connectivity index (χ0n) is 57.9. The van der Waals surface area contributed by atoms with Crippen LogP contribution in [0.25, 0.3) is 45.2 Å². The van der Waals surface area contributed by atoms with E-state index < -0.39 is 0 Å². The summed E-state index contributed by atoms with van der Waals surface area (Å²) in [6.07, 6.45) is 7.49. The smallest absolute Gasteiger partial charge is 1.00 e. The largest absolute Gasteiger partial charge is 2.00 e. The number of nitrogens with zero attached hydrogens (tertiary/aromatic N) is 4. The molecule has 2 aliphatic carbocycles. The maximum atomic E-state index is 3.21. The van der Waals surface area contributed by atoms with E-state index in [4.69, 9.17) is 0 Å². The minimum Gasteiger partial charge on any atom is -1.00 e. The summed E-state index contributed by atoms with van der Waals surface area (Å²) in [6, 6.07) is 101. The van der Waals surface area contributed by atoms with Crippen molar-refractivity contribution >= 4 is 155 Å². The van der Waals surface area contributed by atoms with E-state index >= 15 is 0 Å². The Bertz CT molecular complexity index is 5420. The number of aryl methyl sites for hydroxylation is 9. The van der Waals surface area contributed by atoms with Gasteiger partial charge >= 0.3 is 23.1 Å². The normalized spacial score (nSPS) is 16.7. The van der Waals surface area contributed by atoms with Crippen LogP contribution in [0.2, 0.25) is 0 Å². The molecule has 4 atom stereocenters. The molecule has 0 radical (unpaired) electrons. The SMILES string of the molecule is C1=c2ccccc2=CC2C1N(c1ccccc1)c1cc3ccccc3cc1N2c1ccccc1.Cc1[c-]c(C)cc(C)c1.Cc1cc(C)c(B2C3=c4ccccc4=CC4C3N(c3ccccc32)c2cc3ccccc3c3c2N4c2ccccc2B3c2c(C)cc(C)cc2C)c(C)c1.[Br-].[Mg+2]. The van der Waals surface area contributed by atoms with Crippen molar-refractivity contribution in [1.29, 1.82) is 0 Å². The Morgan fingerprint density at radius 1 is 0.323 bits per heavy atom. The molecule has 4 unspecified atom stereocenters. The summed E-state index contributed by atoms with van der Waals surface area (Å²) in [5, 5.41) is 10.4. The average molecular weight is 1350 g/mol. The van der Waals surface area contributed by atoms with E-state index in [0.717, 1.165) is 0 Å². The van der Waals surface area contributed by atoms with E-state index in [1.54, 1.807) is 0 Å². The molecule has 4 aliphatic heterocycles. The van der Waals surface area contributed by atoms with E-state index in [9.17, 15) is 0 Å². The molecule has 6 aliphatic rings. The molecule has 4 nitrogen and oxygen atoms in total. The number of rotatable bonds is 4. The van der Waals surface area contributed by atoms with Crippen LogP contribution in [-0.2, 0) is 0 Å². The molecule has 0 saturated carbocycles. The Hall–Kier alpha value is -9.56. The zero-order valence-corrected chi connectivity index (χ0v) is 60.9. The van der Waals surface area contributed by atoms with Crippen molar-refractivity contribution in [2.24, 2.45) is 0 Å². The first-order chi connectivity index (χ1) is 47.3. The number of halogens is 1. The van der Waals surface area contributed by atoms with E-state index in [1.807, 2.05) is 0 Å². The zero-order chi connectivity index (χ0) is 65.9. The third-order valence-electron chi connectivity index (χ3n) is 21.4. The summed E-state index contributed by atoms with van der Waals surface area (Å²) in [7, 11) is 0. The number of hydrogen-bond acceptors (Lipinski definition) is 4. The van der Waals surface area contributed by atoms with E-state index in [0.29, 0.717) is 0 Å². The van der Waals surface area contributed by atoms with Crippen molar-refractivity contribution in [2.45, 2.75) is 86.5 Å². The number of para-hydroxylation sites is 4. The fraction of sp³-hybridized carbons (Fsp3) is 0.143. The van der Waals surface area contributed by atoms with Crippen molar-refractivity contribution in [1.82, 2.24) is 0 Å². The van der Waals surface area contributed by atoms with Crippen molar-refractivity contribution in [2.75, 3.05) is 19.6 Å². The Kier molecular flexibility index (Phi) is 17.3. The molecule has 0 aromatic heterocycles. The first-order valence-electron chi connectivity index (χ1n) is 34.6. The molecule has 8 heteroatoms. The van der Waals surface area contributed by atoms with Crippen LogP contribution in [0.1, 0.15) is 50.1 Å². The predicted octanol–water partition coefficient (Wildman–Crippen LogP) is 11.5. The Labute approximate surface area is 610 Å². The molecule has 0 amide bonds. The van der Waals surface area contributed by atoms with E-state index in [2.05, 4.69) is 367 Å². The third kappa shape index (κ3) is 11.1. The van der Waals surface area contributed by atoms with Crippen LogP contribution >= 0.6 is 0 Å². The molecule has 476 valence electrons. The molecular formula is C91H77B2BrMgN4. The van der Waals surface area contributed by atoms with Crippen LogP contribution in [0.4, 0.5) is 45.5 Å². The maximum absolute atomic E-state index is 3.21. The number of benzene rings is 13. The standard InChI is InChI=1S/C50H42B2N2.C32H24N2.C9H11.BrH.Mg/c1-29-23-31(3)45(32(4)24-29)51-39-19-11-13-21-41(39)53-44-28-36-16-8-10-18-38(36)48-50(44)54(43-27-35-15-7-9-17-37(35)47(51)49(43)53)42-22-14-12-20-40(42)52(48)46-33(5)25-30(2)26-34(46)6;1-3-15-27(16-4-1)33-29-19-23-11-7-9-13-25(23)21-31(29)34(28-17-5-2-6-18-28)32-22-26-14-10-8-12-24(26)20-30(32)33;1-7-4-8(2)6-9(3)5-7;;/h7-28,43,49H,1-6H3;1-22,29,31H;4-5H,1-3H3;1H;/q;;-1;;+2/p-1. The minimum absolute atomic E-state index is 0. The molecule has 13 aromatic carbocycles. The summed E-state index contributed by atoms with van der Waals surface area (Å²) in [5.41, 5.74) is 30.7. The van der Waals surface area contributed by atoms with Crippen LogP contribution in [0.15, 0.2) is 261 Å². The predicted molar refractivity (Wildman–Crippen MR) is 422 cm³/mol. The first kappa shape index (κ1) is 65.4. The monoisotopic (exact) mass is 1350 g/mol. The van der Waals surface area contributed by atoms with Gasteiger partial charge in [-0.3, -0.25) is 0 Å². The van der Waals surface area contributed by atoms with Crippen molar-refractivity contribution in [3.63, 3.8) is 0 Å². The molecule has 4 heterocycles. The van der Waals surface area contributed by atoms with Gasteiger partial charge in [0.25, 0.3) is 0 Å². The quantitative estimate of drug-likeness (QED) is 0.129. The van der Waals surface area contributed by atoms with E-state index in [-0.39, 0.29) is 77.6 Å². The maximum Gasteiger partial charge on any atom is 2.00 e. The molecule has 0 spiro atoms. The molecule has 0 bridgehead atoms. The first-order valence-corrected chi connectivity index (χ1v) is 34.6. The van der Waals surface area contributed by atoms with Crippen LogP contribution in [-0.4, -0.2) is 60.6 Å². The van der Waals surface area contributed by atoms with Crippen molar-refractivity contribution in [3.05, 3.63) is 338 Å². The number of anilines is 8. The van der Waals surface area contributed by atoms with Crippen LogP contribution in [0.5, 0.6) is 0 Å². The van der Waals surface area contributed by atoms with Gasteiger partial charge in [0.05, 0.1) is 46.9 Å². The second-order valence-corrected chi connectivity index (χ2v) is 27.9. The molecule has 13 aromatic rings. The molecule has 99 heavy (non-hydrogen) atoms. The second-order valence-electron chi connectivity index (χ2n) is 27.9. The third-order valence-corrected chi connectivity index (χ3v) is 21.4. The van der Waals surface area contributed by atoms with Gasteiger partial charge in [0, 0.05) is 22.7 Å². The van der Waals surface area contributed by atoms with Crippen molar-refractivity contribution < 1.29 is 17.0 Å². The minimum atomic E-state index is 0. The van der Waals surface area contributed by atoms with Crippen molar-refractivity contribution in [3.8, 4) is 0 Å². The molecule has 0 fully saturated rings. The Morgan fingerprint density at radius 3 is 1.26 bits per heavy atom. The fourth-order valence-electron chi connectivity index (χ4n) is 18.1. The summed E-state index contributed by atoms with van der Waals surface area (Å²) in [4.78, 5) is 10.6. The summed E-state index contributed by atoms with van der Waals surface area (Å²) >= 11 is 0. The van der Waals surface area contributed by atoms with Gasteiger partial charge in [0.15, 0.2) is 0 Å². The van der Waals surface area contributed by atoms with Gasteiger partial charge in [-0.25, -0.2) is 0 Å².